The molecule has 6 nitrogen and oxygen atoms in total. The Balaban J connectivity index is 1.45. The largest absolute Gasteiger partial charge is 0.497 e. The van der Waals surface area contributed by atoms with E-state index in [1.54, 1.807) is 31.4 Å². The maximum atomic E-state index is 12.5. The molecule has 2 fully saturated rings. The van der Waals surface area contributed by atoms with E-state index < -0.39 is 0 Å². The number of amides is 2. The lowest BCUT2D eigenvalue weighted by atomic mass is 10.1. The van der Waals surface area contributed by atoms with Gasteiger partial charge in [0.15, 0.2) is 5.17 Å². The van der Waals surface area contributed by atoms with Crippen molar-refractivity contribution in [3.8, 4) is 5.75 Å². The van der Waals surface area contributed by atoms with Gasteiger partial charge in [0.05, 0.1) is 18.1 Å². The zero-order valence-electron chi connectivity index (χ0n) is 16.7. The second-order valence-corrected chi connectivity index (χ2v) is 8.28. The zero-order chi connectivity index (χ0) is 20.9. The third-order valence-electron chi connectivity index (χ3n) is 5.07. The van der Waals surface area contributed by atoms with Crippen LogP contribution in [0.2, 0.25) is 0 Å². The van der Waals surface area contributed by atoms with Gasteiger partial charge in [0.2, 0.25) is 0 Å². The fourth-order valence-electron chi connectivity index (χ4n) is 3.49. The number of ether oxygens (including phenoxy) is 1. The molecule has 1 aliphatic carbocycles. The number of nitrogens with zero attached hydrogens (tertiary/aromatic N) is 1. The van der Waals surface area contributed by atoms with E-state index in [1.807, 2.05) is 30.3 Å². The second kappa shape index (κ2) is 9.17. The lowest BCUT2D eigenvalue weighted by Gasteiger charge is -2.07. The molecule has 2 aliphatic rings. The van der Waals surface area contributed by atoms with E-state index in [4.69, 9.17) is 4.74 Å². The molecule has 0 aromatic heterocycles. The molecule has 30 heavy (non-hydrogen) atoms. The molecule has 2 aromatic rings. The number of hydrogen-bond acceptors (Lipinski definition) is 5. The van der Waals surface area contributed by atoms with Crippen LogP contribution in [0.3, 0.4) is 0 Å². The Labute approximate surface area is 179 Å². The first kappa shape index (κ1) is 20.2. The van der Waals surface area contributed by atoms with Gasteiger partial charge in [-0.05, 0) is 72.6 Å². The van der Waals surface area contributed by atoms with E-state index in [-0.39, 0.29) is 11.8 Å². The van der Waals surface area contributed by atoms with Crippen molar-refractivity contribution in [3.05, 3.63) is 64.6 Å². The number of anilines is 1. The highest BCUT2D eigenvalue weighted by Crippen LogP contribution is 2.29. The third kappa shape index (κ3) is 4.91. The Kier molecular flexibility index (Phi) is 6.18. The molecule has 2 amide bonds. The van der Waals surface area contributed by atoms with Crippen molar-refractivity contribution in [2.45, 2.75) is 31.7 Å². The summed E-state index contributed by atoms with van der Waals surface area (Å²) in [5, 5.41) is 6.43. The minimum Gasteiger partial charge on any atom is -0.497 e. The summed E-state index contributed by atoms with van der Waals surface area (Å²) >= 11 is 1.37. The normalized spacial score (nSPS) is 19.3. The third-order valence-corrected chi connectivity index (χ3v) is 5.99. The van der Waals surface area contributed by atoms with Crippen LogP contribution in [0.4, 0.5) is 5.69 Å². The van der Waals surface area contributed by atoms with E-state index in [0.29, 0.717) is 33.1 Å². The van der Waals surface area contributed by atoms with E-state index in [1.165, 1.54) is 24.6 Å². The number of aliphatic imine (C=N–C) groups is 1. The summed E-state index contributed by atoms with van der Waals surface area (Å²) in [5.74, 6) is 0.356. The first-order chi connectivity index (χ1) is 14.6. The molecule has 1 heterocycles. The average Bonchev–Trinajstić information content (AvgIpc) is 3.38. The number of hydrogen-bond donors (Lipinski definition) is 2. The summed E-state index contributed by atoms with van der Waals surface area (Å²) in [7, 11) is 1.58. The van der Waals surface area contributed by atoms with Crippen LogP contribution in [0.1, 0.15) is 41.6 Å². The van der Waals surface area contributed by atoms with Crippen molar-refractivity contribution in [2.75, 3.05) is 12.4 Å². The van der Waals surface area contributed by atoms with Gasteiger partial charge in [-0.3, -0.25) is 14.6 Å². The van der Waals surface area contributed by atoms with Crippen molar-refractivity contribution in [3.63, 3.8) is 0 Å². The molecule has 1 saturated carbocycles. The van der Waals surface area contributed by atoms with Gasteiger partial charge in [0.1, 0.15) is 5.75 Å². The Morgan fingerprint density at radius 1 is 1.20 bits per heavy atom. The maximum Gasteiger partial charge on any atom is 0.264 e. The molecule has 0 bridgehead atoms. The van der Waals surface area contributed by atoms with Crippen LogP contribution >= 0.6 is 11.8 Å². The summed E-state index contributed by atoms with van der Waals surface area (Å²) in [6.07, 6.45) is 6.42. The fraction of sp³-hybridized carbons (Fsp3) is 0.261. The van der Waals surface area contributed by atoms with Gasteiger partial charge in [-0.1, -0.05) is 25.0 Å². The van der Waals surface area contributed by atoms with Crippen molar-refractivity contribution in [2.24, 2.45) is 4.99 Å². The van der Waals surface area contributed by atoms with Crippen molar-refractivity contribution < 1.29 is 14.3 Å². The quantitative estimate of drug-likeness (QED) is 0.699. The van der Waals surface area contributed by atoms with Crippen LogP contribution in [-0.4, -0.2) is 30.1 Å². The fourth-order valence-corrected chi connectivity index (χ4v) is 4.38. The molecule has 0 spiro atoms. The van der Waals surface area contributed by atoms with Gasteiger partial charge in [-0.2, -0.15) is 0 Å². The van der Waals surface area contributed by atoms with Crippen LogP contribution < -0.4 is 15.4 Å². The number of nitrogens with one attached hydrogen (secondary N) is 2. The Morgan fingerprint density at radius 2 is 1.97 bits per heavy atom. The molecule has 1 saturated heterocycles. The van der Waals surface area contributed by atoms with Crippen LogP contribution in [0.15, 0.2) is 58.4 Å². The highest BCUT2D eigenvalue weighted by molar-refractivity contribution is 8.18. The van der Waals surface area contributed by atoms with Crippen LogP contribution in [0, 0.1) is 0 Å². The molecular formula is C23H23N3O3S. The van der Waals surface area contributed by atoms with Crippen LogP contribution in [0.5, 0.6) is 5.75 Å². The lowest BCUT2D eigenvalue weighted by molar-refractivity contribution is -0.115. The first-order valence-electron chi connectivity index (χ1n) is 9.95. The molecule has 0 radical (unpaired) electrons. The summed E-state index contributed by atoms with van der Waals surface area (Å²) in [4.78, 5) is 30.0. The second-order valence-electron chi connectivity index (χ2n) is 7.25. The molecule has 4 rings (SSSR count). The van der Waals surface area contributed by atoms with Gasteiger partial charge < -0.3 is 15.4 Å². The van der Waals surface area contributed by atoms with Crippen molar-refractivity contribution in [1.82, 2.24) is 5.32 Å². The van der Waals surface area contributed by atoms with Gasteiger partial charge >= 0.3 is 0 Å². The molecule has 1 aliphatic heterocycles. The predicted molar refractivity (Wildman–Crippen MR) is 121 cm³/mol. The Hall–Kier alpha value is -3.06. The smallest absolute Gasteiger partial charge is 0.264 e. The van der Waals surface area contributed by atoms with E-state index in [9.17, 15) is 9.59 Å². The highest BCUT2D eigenvalue weighted by atomic mass is 32.2. The number of thioether (sulfide) groups is 1. The van der Waals surface area contributed by atoms with Crippen LogP contribution in [-0.2, 0) is 4.79 Å². The first-order valence-corrected chi connectivity index (χ1v) is 10.8. The van der Waals surface area contributed by atoms with Crippen molar-refractivity contribution >= 4 is 40.5 Å². The summed E-state index contributed by atoms with van der Waals surface area (Å²) < 4.78 is 5.12. The number of amidine groups is 1. The zero-order valence-corrected chi connectivity index (χ0v) is 17.5. The molecule has 2 N–H and O–H groups in total. The molecule has 2 aromatic carbocycles. The standard InChI is InChI=1S/C23H23N3O3S/c1-29-19-11-9-16(10-12-19)21(27)24-18-8-4-5-15(13-18)14-20-22(28)26-23(30-20)25-17-6-2-3-7-17/h4-5,8-14,17H,2-3,6-7H2,1H3,(H,24,27)(H,25,26,28)/b20-14-. The molecule has 154 valence electrons. The average molecular weight is 422 g/mol. The lowest BCUT2D eigenvalue weighted by Crippen LogP contribution is -2.21. The van der Waals surface area contributed by atoms with Gasteiger partial charge in [0, 0.05) is 11.3 Å². The predicted octanol–water partition coefficient (Wildman–Crippen LogP) is 4.45. The minimum atomic E-state index is -0.207. The van der Waals surface area contributed by atoms with Crippen molar-refractivity contribution in [1.29, 1.82) is 0 Å². The number of benzene rings is 2. The van der Waals surface area contributed by atoms with E-state index in [0.717, 1.165) is 18.4 Å². The summed E-state index contributed by atoms with van der Waals surface area (Å²) in [6, 6.07) is 14.6. The Morgan fingerprint density at radius 3 is 2.70 bits per heavy atom. The van der Waals surface area contributed by atoms with E-state index >= 15 is 0 Å². The maximum absolute atomic E-state index is 12.5. The topological polar surface area (TPSA) is 79.8 Å². The van der Waals surface area contributed by atoms with E-state index in [2.05, 4.69) is 15.6 Å². The number of carbonyl (C=O) groups is 2. The Bertz CT molecular complexity index is 1010. The van der Waals surface area contributed by atoms with Crippen LogP contribution in [0.25, 0.3) is 6.08 Å². The highest BCUT2D eigenvalue weighted by Gasteiger charge is 2.25. The summed E-state index contributed by atoms with van der Waals surface area (Å²) in [5.41, 5.74) is 2.04. The van der Waals surface area contributed by atoms with Gasteiger partial charge in [-0.25, -0.2) is 0 Å². The molecule has 7 heteroatoms. The number of carbonyl (C=O) groups excluding carboxylic acids is 2. The SMILES string of the molecule is COc1ccc(C(=O)Nc2cccc(/C=C3\SC(=NC4CCCC4)NC3=O)c2)cc1. The monoisotopic (exact) mass is 421 g/mol. The molecular weight excluding hydrogens is 398 g/mol. The molecule has 0 unspecified atom stereocenters. The summed E-state index contributed by atoms with van der Waals surface area (Å²) in [6.45, 7) is 0. The minimum absolute atomic E-state index is 0.135. The number of rotatable bonds is 5. The van der Waals surface area contributed by atoms with Gasteiger partial charge in [0.25, 0.3) is 11.8 Å². The molecule has 0 atom stereocenters. The van der Waals surface area contributed by atoms with Gasteiger partial charge in [-0.15, -0.1) is 0 Å². The number of methoxy groups -OCH3 is 1.